The second-order valence-electron chi connectivity index (χ2n) is 4.80. The number of aromatic nitrogens is 2. The SMILES string of the molecule is CCc1cccc(C)c1NC(=O)C(C)Sc1nnc(C)s1. The summed E-state index contributed by atoms with van der Waals surface area (Å²) in [5.41, 5.74) is 3.19. The monoisotopic (exact) mass is 321 g/mol. The molecule has 0 saturated heterocycles. The summed E-state index contributed by atoms with van der Waals surface area (Å²) in [6.45, 7) is 7.90. The summed E-state index contributed by atoms with van der Waals surface area (Å²) in [6.07, 6.45) is 0.897. The molecule has 1 amide bonds. The van der Waals surface area contributed by atoms with Gasteiger partial charge in [-0.15, -0.1) is 10.2 Å². The summed E-state index contributed by atoms with van der Waals surface area (Å²) < 4.78 is 0.829. The molecule has 0 radical (unpaired) electrons. The molecule has 1 heterocycles. The van der Waals surface area contributed by atoms with Gasteiger partial charge in [0.15, 0.2) is 4.34 Å². The van der Waals surface area contributed by atoms with Crippen molar-refractivity contribution in [2.75, 3.05) is 5.32 Å². The number of nitrogens with zero attached hydrogens (tertiary/aromatic N) is 2. The van der Waals surface area contributed by atoms with Gasteiger partial charge in [0.2, 0.25) is 5.91 Å². The lowest BCUT2D eigenvalue weighted by molar-refractivity contribution is -0.115. The van der Waals surface area contributed by atoms with Crippen LogP contribution in [0.4, 0.5) is 5.69 Å². The largest absolute Gasteiger partial charge is 0.325 e. The number of hydrogen-bond donors (Lipinski definition) is 1. The van der Waals surface area contributed by atoms with Crippen molar-refractivity contribution in [2.45, 2.75) is 43.7 Å². The van der Waals surface area contributed by atoms with Gasteiger partial charge in [-0.2, -0.15) is 0 Å². The maximum atomic E-state index is 12.4. The van der Waals surface area contributed by atoms with Gasteiger partial charge < -0.3 is 5.32 Å². The van der Waals surface area contributed by atoms with Gasteiger partial charge in [0.25, 0.3) is 0 Å². The quantitative estimate of drug-likeness (QED) is 0.850. The van der Waals surface area contributed by atoms with E-state index in [1.54, 1.807) is 0 Å². The van der Waals surface area contributed by atoms with Gasteiger partial charge in [-0.3, -0.25) is 4.79 Å². The third-order valence-corrected chi connectivity index (χ3v) is 5.17. The van der Waals surface area contributed by atoms with Gasteiger partial charge in [-0.25, -0.2) is 0 Å². The van der Waals surface area contributed by atoms with Gasteiger partial charge in [0.1, 0.15) is 5.01 Å². The van der Waals surface area contributed by atoms with Crippen LogP contribution >= 0.6 is 23.1 Å². The van der Waals surface area contributed by atoms with Crippen LogP contribution < -0.4 is 5.32 Å². The highest BCUT2D eigenvalue weighted by molar-refractivity contribution is 8.02. The smallest absolute Gasteiger partial charge is 0.237 e. The predicted octanol–water partition coefficient (Wildman–Crippen LogP) is 3.84. The zero-order valence-corrected chi connectivity index (χ0v) is 14.3. The minimum absolute atomic E-state index is 0.00291. The normalized spacial score (nSPS) is 12.2. The Hall–Kier alpha value is -1.40. The van der Waals surface area contributed by atoms with Gasteiger partial charge in [0, 0.05) is 5.69 Å². The average molecular weight is 321 g/mol. The van der Waals surface area contributed by atoms with Crippen molar-refractivity contribution in [3.05, 3.63) is 34.3 Å². The van der Waals surface area contributed by atoms with Gasteiger partial charge in [-0.1, -0.05) is 48.2 Å². The van der Waals surface area contributed by atoms with E-state index < -0.39 is 0 Å². The molecule has 4 nitrogen and oxygen atoms in total. The molecule has 21 heavy (non-hydrogen) atoms. The standard InChI is InChI=1S/C15H19N3OS2/c1-5-12-8-6-7-9(2)13(12)16-14(19)10(3)20-15-18-17-11(4)21-15/h6-8,10H,5H2,1-4H3,(H,16,19). The summed E-state index contributed by atoms with van der Waals surface area (Å²) in [5, 5.41) is 11.8. The maximum Gasteiger partial charge on any atom is 0.237 e. The third kappa shape index (κ3) is 4.04. The minimum Gasteiger partial charge on any atom is -0.325 e. The summed E-state index contributed by atoms with van der Waals surface area (Å²) in [4.78, 5) is 12.4. The Morgan fingerprint density at radius 1 is 1.38 bits per heavy atom. The van der Waals surface area contributed by atoms with Crippen molar-refractivity contribution < 1.29 is 4.79 Å². The summed E-state index contributed by atoms with van der Waals surface area (Å²) in [7, 11) is 0. The van der Waals surface area contributed by atoms with Crippen molar-refractivity contribution in [3.63, 3.8) is 0 Å². The fourth-order valence-electron chi connectivity index (χ4n) is 1.96. The molecule has 0 aliphatic heterocycles. The number of aryl methyl sites for hydroxylation is 3. The highest BCUT2D eigenvalue weighted by Gasteiger charge is 2.18. The number of anilines is 1. The van der Waals surface area contributed by atoms with Crippen LogP contribution in [0.1, 0.15) is 30.0 Å². The Bertz CT molecular complexity index is 640. The molecule has 0 bridgehead atoms. The Morgan fingerprint density at radius 2 is 2.14 bits per heavy atom. The predicted molar refractivity (Wildman–Crippen MR) is 89.2 cm³/mol. The first-order valence-corrected chi connectivity index (χ1v) is 8.57. The van der Waals surface area contributed by atoms with E-state index in [1.165, 1.54) is 23.1 Å². The van der Waals surface area contributed by atoms with Crippen LogP contribution in [0.15, 0.2) is 22.5 Å². The van der Waals surface area contributed by atoms with Gasteiger partial charge >= 0.3 is 0 Å². The van der Waals surface area contributed by atoms with E-state index in [0.717, 1.165) is 32.6 Å². The number of benzene rings is 1. The second-order valence-corrected chi connectivity index (χ2v) is 7.57. The number of thioether (sulfide) groups is 1. The third-order valence-electron chi connectivity index (χ3n) is 3.14. The average Bonchev–Trinajstić information content (AvgIpc) is 2.86. The first kappa shape index (κ1) is 16.0. The topological polar surface area (TPSA) is 54.9 Å². The zero-order valence-electron chi connectivity index (χ0n) is 12.6. The van der Waals surface area contributed by atoms with Crippen LogP contribution in [0.3, 0.4) is 0 Å². The Kier molecular flexibility index (Phi) is 5.36. The fraction of sp³-hybridized carbons (Fsp3) is 0.400. The van der Waals surface area contributed by atoms with Crippen molar-refractivity contribution in [2.24, 2.45) is 0 Å². The Balaban J connectivity index is 2.07. The highest BCUT2D eigenvalue weighted by atomic mass is 32.2. The number of carbonyl (C=O) groups is 1. The molecule has 1 N–H and O–H groups in total. The molecule has 1 atom stereocenters. The van der Waals surface area contributed by atoms with Crippen LogP contribution in [0, 0.1) is 13.8 Å². The molecule has 1 aromatic carbocycles. The maximum absolute atomic E-state index is 12.4. The van der Waals surface area contributed by atoms with E-state index in [-0.39, 0.29) is 11.2 Å². The Labute approximate surface area is 133 Å². The summed E-state index contributed by atoms with van der Waals surface area (Å²) in [5.74, 6) is -0.00291. The van der Waals surface area contributed by atoms with Crippen molar-refractivity contribution >= 4 is 34.7 Å². The fourth-order valence-corrected chi connectivity index (χ4v) is 3.92. The second kappa shape index (κ2) is 7.04. The number of amides is 1. The van der Waals surface area contributed by atoms with Gasteiger partial charge in [-0.05, 0) is 38.3 Å². The van der Waals surface area contributed by atoms with Gasteiger partial charge in [0.05, 0.1) is 5.25 Å². The first-order valence-electron chi connectivity index (χ1n) is 6.87. The van der Waals surface area contributed by atoms with Crippen LogP contribution in [-0.4, -0.2) is 21.4 Å². The van der Waals surface area contributed by atoms with E-state index >= 15 is 0 Å². The molecule has 0 aliphatic carbocycles. The molecule has 0 saturated carbocycles. The molecule has 0 spiro atoms. The molecule has 1 aromatic heterocycles. The van der Waals surface area contributed by atoms with Crippen molar-refractivity contribution in [1.29, 1.82) is 0 Å². The molecule has 0 fully saturated rings. The molecule has 112 valence electrons. The lowest BCUT2D eigenvalue weighted by Crippen LogP contribution is -2.23. The highest BCUT2D eigenvalue weighted by Crippen LogP contribution is 2.28. The molecule has 0 aliphatic rings. The lowest BCUT2D eigenvalue weighted by atomic mass is 10.1. The summed E-state index contributed by atoms with van der Waals surface area (Å²) in [6, 6.07) is 6.08. The molecule has 6 heteroatoms. The molecular weight excluding hydrogens is 302 g/mol. The number of rotatable bonds is 5. The lowest BCUT2D eigenvalue weighted by Gasteiger charge is -2.15. The van der Waals surface area contributed by atoms with Crippen LogP contribution in [0.2, 0.25) is 0 Å². The van der Waals surface area contributed by atoms with Crippen LogP contribution in [0.25, 0.3) is 0 Å². The number of nitrogens with one attached hydrogen (secondary N) is 1. The first-order chi connectivity index (χ1) is 10.0. The molecule has 1 unspecified atom stereocenters. The van der Waals surface area contributed by atoms with E-state index in [9.17, 15) is 4.79 Å². The van der Waals surface area contributed by atoms with Crippen LogP contribution in [-0.2, 0) is 11.2 Å². The van der Waals surface area contributed by atoms with E-state index in [4.69, 9.17) is 0 Å². The summed E-state index contributed by atoms with van der Waals surface area (Å²) >= 11 is 2.96. The van der Waals surface area contributed by atoms with E-state index in [0.29, 0.717) is 0 Å². The zero-order chi connectivity index (χ0) is 15.4. The van der Waals surface area contributed by atoms with Crippen LogP contribution in [0.5, 0.6) is 0 Å². The molecule has 2 rings (SSSR count). The molecular formula is C15H19N3OS2. The minimum atomic E-state index is -0.207. The van der Waals surface area contributed by atoms with E-state index in [2.05, 4.69) is 28.5 Å². The van der Waals surface area contributed by atoms with Crippen molar-refractivity contribution in [1.82, 2.24) is 10.2 Å². The molecule has 2 aromatic rings. The van der Waals surface area contributed by atoms with Crippen molar-refractivity contribution in [3.8, 4) is 0 Å². The number of hydrogen-bond acceptors (Lipinski definition) is 5. The number of carbonyl (C=O) groups excluding carboxylic acids is 1. The Morgan fingerprint density at radius 3 is 2.76 bits per heavy atom. The number of para-hydroxylation sites is 1. The van der Waals surface area contributed by atoms with E-state index in [1.807, 2.05) is 32.9 Å².